The SMILES string of the molecule is O=C(COC(=O)c1cccc(C(F)(F)F)c1)NC(=O)NCc1ccccc1. The van der Waals surface area contributed by atoms with Gasteiger partial charge in [0, 0.05) is 6.54 Å². The molecule has 2 aromatic carbocycles. The van der Waals surface area contributed by atoms with Crippen LogP contribution >= 0.6 is 0 Å². The van der Waals surface area contributed by atoms with Gasteiger partial charge in [0.15, 0.2) is 6.61 Å². The zero-order valence-electron chi connectivity index (χ0n) is 13.9. The van der Waals surface area contributed by atoms with E-state index in [4.69, 9.17) is 0 Å². The first-order valence-electron chi connectivity index (χ1n) is 7.71. The average Bonchev–Trinajstić information content (AvgIpc) is 2.64. The van der Waals surface area contributed by atoms with Gasteiger partial charge in [-0.1, -0.05) is 36.4 Å². The Morgan fingerprint density at radius 1 is 0.963 bits per heavy atom. The van der Waals surface area contributed by atoms with Crippen LogP contribution in [0.2, 0.25) is 0 Å². The summed E-state index contributed by atoms with van der Waals surface area (Å²) in [5.41, 5.74) is -0.552. The second-order valence-corrected chi connectivity index (χ2v) is 5.37. The third-order valence-corrected chi connectivity index (χ3v) is 3.31. The maximum atomic E-state index is 12.6. The second-order valence-electron chi connectivity index (χ2n) is 5.37. The standard InChI is InChI=1S/C18H15F3N2O4/c19-18(20,21)14-8-4-7-13(9-14)16(25)27-11-15(24)23-17(26)22-10-12-5-2-1-3-6-12/h1-9H,10-11H2,(H2,22,23,24,26). The van der Waals surface area contributed by atoms with E-state index in [1.165, 1.54) is 0 Å². The third kappa shape index (κ3) is 6.46. The van der Waals surface area contributed by atoms with E-state index in [1.54, 1.807) is 24.3 Å². The van der Waals surface area contributed by atoms with Crippen LogP contribution < -0.4 is 10.6 Å². The van der Waals surface area contributed by atoms with Gasteiger partial charge in [-0.05, 0) is 23.8 Å². The molecule has 0 aromatic heterocycles. The Bertz CT molecular complexity index is 823. The normalized spacial score (nSPS) is 10.8. The predicted octanol–water partition coefficient (Wildman–Crippen LogP) is 2.89. The Morgan fingerprint density at radius 2 is 1.67 bits per heavy atom. The van der Waals surface area contributed by atoms with Crippen LogP contribution in [-0.2, 0) is 22.3 Å². The minimum Gasteiger partial charge on any atom is -0.452 e. The minimum atomic E-state index is -4.61. The van der Waals surface area contributed by atoms with Crippen molar-refractivity contribution in [1.82, 2.24) is 10.6 Å². The number of carbonyl (C=O) groups is 3. The number of carbonyl (C=O) groups excluding carboxylic acids is 3. The zero-order chi connectivity index (χ0) is 19.9. The van der Waals surface area contributed by atoms with E-state index >= 15 is 0 Å². The highest BCUT2D eigenvalue weighted by Gasteiger charge is 2.31. The molecule has 0 aliphatic heterocycles. The van der Waals surface area contributed by atoms with Gasteiger partial charge >= 0.3 is 18.2 Å². The van der Waals surface area contributed by atoms with Crippen molar-refractivity contribution in [2.24, 2.45) is 0 Å². The maximum absolute atomic E-state index is 12.6. The number of amides is 3. The van der Waals surface area contributed by atoms with Crippen LogP contribution in [0.25, 0.3) is 0 Å². The lowest BCUT2D eigenvalue weighted by Crippen LogP contribution is -2.41. The summed E-state index contributed by atoms with van der Waals surface area (Å²) in [6.45, 7) is -0.627. The number of imide groups is 1. The van der Waals surface area contributed by atoms with E-state index in [2.05, 4.69) is 10.1 Å². The summed E-state index contributed by atoms with van der Waals surface area (Å²) >= 11 is 0. The van der Waals surface area contributed by atoms with Crippen molar-refractivity contribution in [3.05, 3.63) is 71.3 Å². The van der Waals surface area contributed by atoms with Crippen LogP contribution in [0.4, 0.5) is 18.0 Å². The Kier molecular flexibility index (Phi) is 6.53. The molecule has 27 heavy (non-hydrogen) atoms. The van der Waals surface area contributed by atoms with E-state index < -0.39 is 36.3 Å². The number of esters is 1. The van der Waals surface area contributed by atoms with E-state index in [-0.39, 0.29) is 12.1 Å². The summed E-state index contributed by atoms with van der Waals surface area (Å²) in [4.78, 5) is 34.9. The molecule has 2 aromatic rings. The number of hydrogen-bond donors (Lipinski definition) is 2. The first kappa shape index (κ1) is 20.0. The molecule has 2 N–H and O–H groups in total. The molecule has 0 atom stereocenters. The maximum Gasteiger partial charge on any atom is 0.416 e. The van der Waals surface area contributed by atoms with Crippen molar-refractivity contribution in [3.8, 4) is 0 Å². The molecule has 0 spiro atoms. The molecule has 0 saturated heterocycles. The number of halogens is 3. The fraction of sp³-hybridized carbons (Fsp3) is 0.167. The largest absolute Gasteiger partial charge is 0.452 e. The molecule has 142 valence electrons. The van der Waals surface area contributed by atoms with Gasteiger partial charge in [0.1, 0.15) is 0 Å². The summed E-state index contributed by atoms with van der Waals surface area (Å²) in [7, 11) is 0. The Balaban J connectivity index is 1.79. The average molecular weight is 380 g/mol. The van der Waals surface area contributed by atoms with Crippen molar-refractivity contribution in [2.45, 2.75) is 12.7 Å². The van der Waals surface area contributed by atoms with Crippen LogP contribution in [0.15, 0.2) is 54.6 Å². The number of ether oxygens (including phenoxy) is 1. The van der Waals surface area contributed by atoms with E-state index in [1.807, 2.05) is 11.4 Å². The Morgan fingerprint density at radius 3 is 2.33 bits per heavy atom. The number of hydrogen-bond acceptors (Lipinski definition) is 4. The van der Waals surface area contributed by atoms with Gasteiger partial charge in [0.2, 0.25) is 0 Å². The molecular weight excluding hydrogens is 365 g/mol. The number of rotatable bonds is 5. The molecule has 0 aliphatic carbocycles. The minimum absolute atomic E-state index is 0.184. The summed E-state index contributed by atoms with van der Waals surface area (Å²) in [5.74, 6) is -2.03. The van der Waals surface area contributed by atoms with Crippen LogP contribution in [0, 0.1) is 0 Å². The van der Waals surface area contributed by atoms with Gasteiger partial charge < -0.3 is 10.1 Å². The Labute approximate surface area is 152 Å². The third-order valence-electron chi connectivity index (χ3n) is 3.31. The molecule has 0 unspecified atom stereocenters. The highest BCUT2D eigenvalue weighted by Crippen LogP contribution is 2.29. The highest BCUT2D eigenvalue weighted by molar-refractivity contribution is 5.97. The quantitative estimate of drug-likeness (QED) is 0.782. The second kappa shape index (κ2) is 8.84. The summed E-state index contributed by atoms with van der Waals surface area (Å²) in [6, 6.07) is 11.7. The van der Waals surface area contributed by atoms with Gasteiger partial charge in [0.05, 0.1) is 11.1 Å². The number of nitrogens with one attached hydrogen (secondary N) is 2. The first-order chi connectivity index (χ1) is 12.8. The van der Waals surface area contributed by atoms with Crippen LogP contribution in [0.1, 0.15) is 21.5 Å². The number of benzene rings is 2. The molecule has 9 heteroatoms. The lowest BCUT2D eigenvalue weighted by molar-refractivity contribution is -0.137. The number of alkyl halides is 3. The molecule has 6 nitrogen and oxygen atoms in total. The van der Waals surface area contributed by atoms with Gasteiger partial charge in [-0.2, -0.15) is 13.2 Å². The van der Waals surface area contributed by atoms with E-state index in [9.17, 15) is 27.6 Å². The van der Waals surface area contributed by atoms with Crippen molar-refractivity contribution < 1.29 is 32.3 Å². The molecule has 0 bridgehead atoms. The van der Waals surface area contributed by atoms with E-state index in [0.29, 0.717) is 6.07 Å². The lowest BCUT2D eigenvalue weighted by atomic mass is 10.1. The molecule has 0 radical (unpaired) electrons. The molecule has 3 amide bonds. The van der Waals surface area contributed by atoms with Crippen LogP contribution in [0.3, 0.4) is 0 Å². The Hall–Kier alpha value is -3.36. The monoisotopic (exact) mass is 380 g/mol. The molecule has 2 rings (SSSR count). The first-order valence-corrected chi connectivity index (χ1v) is 7.71. The van der Waals surface area contributed by atoms with Gasteiger partial charge in [-0.3, -0.25) is 10.1 Å². The van der Waals surface area contributed by atoms with Crippen molar-refractivity contribution >= 4 is 17.9 Å². The summed E-state index contributed by atoms with van der Waals surface area (Å²) in [6.07, 6.45) is -4.61. The fourth-order valence-corrected chi connectivity index (χ4v) is 2.02. The smallest absolute Gasteiger partial charge is 0.416 e. The molecule has 0 heterocycles. The molecule has 0 fully saturated rings. The zero-order valence-corrected chi connectivity index (χ0v) is 13.9. The van der Waals surface area contributed by atoms with Gasteiger partial charge in [-0.25, -0.2) is 9.59 Å². The van der Waals surface area contributed by atoms with E-state index in [0.717, 1.165) is 23.8 Å². The van der Waals surface area contributed by atoms with Crippen molar-refractivity contribution in [1.29, 1.82) is 0 Å². The van der Waals surface area contributed by atoms with Crippen LogP contribution in [0.5, 0.6) is 0 Å². The topological polar surface area (TPSA) is 84.5 Å². The number of urea groups is 1. The van der Waals surface area contributed by atoms with Gasteiger partial charge in [0.25, 0.3) is 5.91 Å². The van der Waals surface area contributed by atoms with Crippen molar-refractivity contribution in [3.63, 3.8) is 0 Å². The molecule has 0 saturated carbocycles. The predicted molar refractivity (Wildman–Crippen MR) is 88.5 cm³/mol. The van der Waals surface area contributed by atoms with Gasteiger partial charge in [-0.15, -0.1) is 0 Å². The highest BCUT2D eigenvalue weighted by atomic mass is 19.4. The van der Waals surface area contributed by atoms with Crippen molar-refractivity contribution in [2.75, 3.05) is 6.61 Å². The molecule has 0 aliphatic rings. The lowest BCUT2D eigenvalue weighted by Gasteiger charge is -2.09. The summed E-state index contributed by atoms with van der Waals surface area (Å²) in [5, 5.41) is 4.38. The fourth-order valence-electron chi connectivity index (χ4n) is 2.02. The molecular formula is C18H15F3N2O4. The van der Waals surface area contributed by atoms with Crippen LogP contribution in [-0.4, -0.2) is 24.5 Å². The summed E-state index contributed by atoms with van der Waals surface area (Å²) < 4.78 is 42.5.